The van der Waals surface area contributed by atoms with Crippen LogP contribution in [0.1, 0.15) is 24.2 Å². The van der Waals surface area contributed by atoms with Crippen molar-refractivity contribution in [1.82, 2.24) is 10.2 Å². The summed E-state index contributed by atoms with van der Waals surface area (Å²) < 4.78 is 5.06. The fourth-order valence-corrected chi connectivity index (χ4v) is 1.95. The van der Waals surface area contributed by atoms with Gasteiger partial charge in [-0.1, -0.05) is 0 Å². The van der Waals surface area contributed by atoms with Crippen LogP contribution in [0.3, 0.4) is 0 Å². The molecule has 100 valence electrons. The molecule has 18 heavy (non-hydrogen) atoms. The number of methoxy groups -OCH3 is 1. The smallest absolute Gasteiger partial charge is 0.251 e. The predicted molar refractivity (Wildman–Crippen MR) is 73.1 cm³/mol. The van der Waals surface area contributed by atoms with Crippen LogP contribution in [-0.4, -0.2) is 44.1 Å². The standard InChI is InChI=1S/C14H22N2O2/c1-14(2,10-16(3)4)15-13(17)11-6-8-12(18-5)9-7-11/h6-9H,10H2,1-5H3,(H,15,17). The number of hydrogen-bond donors (Lipinski definition) is 1. The van der Waals surface area contributed by atoms with Crippen LogP contribution in [0.15, 0.2) is 24.3 Å². The molecule has 1 aromatic rings. The second-order valence-electron chi connectivity index (χ2n) is 5.30. The summed E-state index contributed by atoms with van der Waals surface area (Å²) in [5, 5.41) is 3.02. The van der Waals surface area contributed by atoms with Gasteiger partial charge in [0.2, 0.25) is 0 Å². The molecule has 0 bridgehead atoms. The number of carbonyl (C=O) groups excluding carboxylic acids is 1. The van der Waals surface area contributed by atoms with E-state index in [2.05, 4.69) is 5.32 Å². The van der Waals surface area contributed by atoms with E-state index in [4.69, 9.17) is 4.74 Å². The number of benzene rings is 1. The van der Waals surface area contributed by atoms with E-state index in [0.29, 0.717) is 5.56 Å². The summed E-state index contributed by atoms with van der Waals surface area (Å²) in [5.41, 5.74) is 0.378. The summed E-state index contributed by atoms with van der Waals surface area (Å²) >= 11 is 0. The molecule has 0 saturated heterocycles. The van der Waals surface area contributed by atoms with E-state index in [1.807, 2.05) is 32.8 Å². The molecule has 0 aliphatic rings. The molecule has 1 rings (SSSR count). The number of carbonyl (C=O) groups is 1. The first-order valence-electron chi connectivity index (χ1n) is 5.95. The Balaban J connectivity index is 2.69. The average Bonchev–Trinajstić information content (AvgIpc) is 2.26. The number of ether oxygens (including phenoxy) is 1. The summed E-state index contributed by atoms with van der Waals surface area (Å²) in [6.45, 7) is 4.80. The van der Waals surface area contributed by atoms with E-state index in [9.17, 15) is 4.79 Å². The van der Waals surface area contributed by atoms with Crippen molar-refractivity contribution >= 4 is 5.91 Å². The van der Waals surface area contributed by atoms with Crippen molar-refractivity contribution in [3.8, 4) is 5.75 Å². The number of likely N-dealkylation sites (N-methyl/N-ethyl adjacent to an activating group) is 1. The van der Waals surface area contributed by atoms with Gasteiger partial charge in [0, 0.05) is 17.6 Å². The molecule has 0 saturated carbocycles. The summed E-state index contributed by atoms with van der Waals surface area (Å²) in [7, 11) is 5.58. The summed E-state index contributed by atoms with van der Waals surface area (Å²) in [5.74, 6) is 0.684. The first kappa shape index (κ1) is 14.5. The fraction of sp³-hybridized carbons (Fsp3) is 0.500. The van der Waals surface area contributed by atoms with E-state index in [1.165, 1.54) is 0 Å². The third-order valence-electron chi connectivity index (χ3n) is 2.52. The van der Waals surface area contributed by atoms with Gasteiger partial charge in [0.05, 0.1) is 7.11 Å². The van der Waals surface area contributed by atoms with Gasteiger partial charge in [0.15, 0.2) is 0 Å². The lowest BCUT2D eigenvalue weighted by Crippen LogP contribution is -2.49. The zero-order valence-electron chi connectivity index (χ0n) is 11.8. The van der Waals surface area contributed by atoms with Crippen molar-refractivity contribution in [2.75, 3.05) is 27.7 Å². The SMILES string of the molecule is COc1ccc(C(=O)NC(C)(C)CN(C)C)cc1. The Labute approximate surface area is 109 Å². The van der Waals surface area contributed by atoms with Gasteiger partial charge in [0.1, 0.15) is 5.75 Å². The summed E-state index contributed by atoms with van der Waals surface area (Å²) in [4.78, 5) is 14.1. The van der Waals surface area contributed by atoms with Gasteiger partial charge in [-0.15, -0.1) is 0 Å². The van der Waals surface area contributed by atoms with Crippen LogP contribution >= 0.6 is 0 Å². The first-order chi connectivity index (χ1) is 8.34. The van der Waals surface area contributed by atoms with Crippen LogP contribution in [0, 0.1) is 0 Å². The van der Waals surface area contributed by atoms with Crippen LogP contribution in [0.5, 0.6) is 5.75 Å². The predicted octanol–water partition coefficient (Wildman–Crippen LogP) is 1.77. The lowest BCUT2D eigenvalue weighted by Gasteiger charge is -2.29. The number of nitrogens with one attached hydrogen (secondary N) is 1. The molecule has 1 aromatic carbocycles. The number of hydrogen-bond acceptors (Lipinski definition) is 3. The van der Waals surface area contributed by atoms with E-state index < -0.39 is 0 Å². The molecule has 0 heterocycles. The van der Waals surface area contributed by atoms with Gasteiger partial charge < -0.3 is 15.0 Å². The van der Waals surface area contributed by atoms with Gasteiger partial charge in [0.25, 0.3) is 5.91 Å². The van der Waals surface area contributed by atoms with E-state index in [-0.39, 0.29) is 11.4 Å². The molecule has 0 fully saturated rings. The topological polar surface area (TPSA) is 41.6 Å². The Morgan fingerprint density at radius 3 is 2.28 bits per heavy atom. The maximum atomic E-state index is 12.1. The first-order valence-corrected chi connectivity index (χ1v) is 5.95. The van der Waals surface area contributed by atoms with Crippen molar-refractivity contribution in [3.63, 3.8) is 0 Å². The van der Waals surface area contributed by atoms with Gasteiger partial charge in [-0.3, -0.25) is 4.79 Å². The van der Waals surface area contributed by atoms with Crippen molar-refractivity contribution in [1.29, 1.82) is 0 Å². The lowest BCUT2D eigenvalue weighted by atomic mass is 10.0. The highest BCUT2D eigenvalue weighted by Gasteiger charge is 2.21. The minimum absolute atomic E-state index is 0.0653. The molecule has 0 aromatic heterocycles. The van der Waals surface area contributed by atoms with Gasteiger partial charge in [-0.05, 0) is 52.2 Å². The van der Waals surface area contributed by atoms with Crippen LogP contribution < -0.4 is 10.1 Å². The highest BCUT2D eigenvalue weighted by Crippen LogP contribution is 2.12. The van der Waals surface area contributed by atoms with Crippen molar-refractivity contribution in [3.05, 3.63) is 29.8 Å². The average molecular weight is 250 g/mol. The van der Waals surface area contributed by atoms with Crippen LogP contribution in [0.2, 0.25) is 0 Å². The van der Waals surface area contributed by atoms with Crippen molar-refractivity contribution in [2.24, 2.45) is 0 Å². The molecule has 4 nitrogen and oxygen atoms in total. The number of nitrogens with zero attached hydrogens (tertiary/aromatic N) is 1. The minimum Gasteiger partial charge on any atom is -0.497 e. The molecule has 0 radical (unpaired) electrons. The molecular formula is C14H22N2O2. The Morgan fingerprint density at radius 2 is 1.83 bits per heavy atom. The summed E-state index contributed by atoms with van der Waals surface area (Å²) in [6, 6.07) is 7.10. The third-order valence-corrected chi connectivity index (χ3v) is 2.52. The van der Waals surface area contributed by atoms with Crippen molar-refractivity contribution in [2.45, 2.75) is 19.4 Å². The van der Waals surface area contributed by atoms with Crippen LogP contribution in [0.4, 0.5) is 0 Å². The molecule has 1 N–H and O–H groups in total. The maximum absolute atomic E-state index is 12.1. The molecule has 4 heteroatoms. The molecule has 0 spiro atoms. The zero-order valence-corrected chi connectivity index (χ0v) is 11.8. The lowest BCUT2D eigenvalue weighted by molar-refractivity contribution is 0.0899. The highest BCUT2D eigenvalue weighted by molar-refractivity contribution is 5.94. The van der Waals surface area contributed by atoms with E-state index >= 15 is 0 Å². The molecule has 0 aliphatic heterocycles. The maximum Gasteiger partial charge on any atom is 0.251 e. The second kappa shape index (κ2) is 5.87. The van der Waals surface area contributed by atoms with Gasteiger partial charge in [-0.25, -0.2) is 0 Å². The van der Waals surface area contributed by atoms with Crippen molar-refractivity contribution < 1.29 is 9.53 Å². The fourth-order valence-electron chi connectivity index (χ4n) is 1.95. The highest BCUT2D eigenvalue weighted by atomic mass is 16.5. The Morgan fingerprint density at radius 1 is 1.28 bits per heavy atom. The third kappa shape index (κ3) is 4.37. The largest absolute Gasteiger partial charge is 0.497 e. The molecule has 0 aliphatic carbocycles. The Kier molecular flexibility index (Phi) is 4.73. The minimum atomic E-state index is -0.263. The molecule has 1 amide bonds. The summed E-state index contributed by atoms with van der Waals surface area (Å²) in [6.07, 6.45) is 0. The molecule has 0 atom stereocenters. The van der Waals surface area contributed by atoms with E-state index in [0.717, 1.165) is 12.3 Å². The Bertz CT molecular complexity index is 397. The second-order valence-corrected chi connectivity index (χ2v) is 5.30. The normalized spacial score (nSPS) is 11.4. The molecule has 0 unspecified atom stereocenters. The Hall–Kier alpha value is -1.55. The van der Waals surface area contributed by atoms with Crippen LogP contribution in [0.25, 0.3) is 0 Å². The quantitative estimate of drug-likeness (QED) is 0.866. The number of amides is 1. The van der Waals surface area contributed by atoms with Crippen LogP contribution in [-0.2, 0) is 0 Å². The van der Waals surface area contributed by atoms with Gasteiger partial charge >= 0.3 is 0 Å². The zero-order chi connectivity index (χ0) is 13.8. The van der Waals surface area contributed by atoms with E-state index in [1.54, 1.807) is 31.4 Å². The molecular weight excluding hydrogens is 228 g/mol. The number of rotatable bonds is 5. The monoisotopic (exact) mass is 250 g/mol. The van der Waals surface area contributed by atoms with Gasteiger partial charge in [-0.2, -0.15) is 0 Å².